The Labute approximate surface area is 183 Å². The van der Waals surface area contributed by atoms with E-state index in [0.29, 0.717) is 19.1 Å². The molecule has 2 aliphatic heterocycles. The number of hydrogen-bond acceptors (Lipinski definition) is 5. The van der Waals surface area contributed by atoms with Crippen molar-refractivity contribution in [3.63, 3.8) is 0 Å². The van der Waals surface area contributed by atoms with Gasteiger partial charge >= 0.3 is 6.18 Å². The van der Waals surface area contributed by atoms with Gasteiger partial charge in [-0.3, -0.25) is 19.6 Å². The van der Waals surface area contributed by atoms with Crippen molar-refractivity contribution in [3.8, 4) is 0 Å². The maximum Gasteiger partial charge on any atom is 0.418 e. The fourth-order valence-electron chi connectivity index (χ4n) is 4.54. The van der Waals surface area contributed by atoms with Gasteiger partial charge in [0.25, 0.3) is 5.91 Å². The second-order valence-electron chi connectivity index (χ2n) is 8.25. The van der Waals surface area contributed by atoms with Gasteiger partial charge in [0.05, 0.1) is 17.5 Å². The van der Waals surface area contributed by atoms with Crippen LogP contribution in [0.15, 0.2) is 12.1 Å². The molecule has 4 rings (SSSR count). The lowest BCUT2D eigenvalue weighted by atomic mass is 9.99. The van der Waals surface area contributed by atoms with Gasteiger partial charge in [-0.05, 0) is 37.0 Å². The van der Waals surface area contributed by atoms with Crippen LogP contribution in [0.25, 0.3) is 10.9 Å². The molecule has 4 N–H and O–H groups in total. The Bertz CT molecular complexity index is 991. The van der Waals surface area contributed by atoms with E-state index in [0.717, 1.165) is 45.1 Å². The molecule has 11 heteroatoms. The number of piperazine rings is 1. The molecule has 0 bridgehead atoms. The average molecular weight is 451 g/mol. The highest BCUT2D eigenvalue weighted by Crippen LogP contribution is 2.36. The summed E-state index contributed by atoms with van der Waals surface area (Å²) in [5.74, 6) is -1.12. The van der Waals surface area contributed by atoms with E-state index in [1.165, 1.54) is 12.5 Å². The normalized spacial score (nSPS) is 18.9. The van der Waals surface area contributed by atoms with Crippen LogP contribution < -0.4 is 11.1 Å². The lowest BCUT2D eigenvalue weighted by Crippen LogP contribution is -2.52. The Balaban J connectivity index is 1.42. The number of piperidine rings is 1. The molecule has 0 spiro atoms. The van der Waals surface area contributed by atoms with Crippen molar-refractivity contribution < 1.29 is 22.8 Å². The van der Waals surface area contributed by atoms with Crippen LogP contribution in [0.3, 0.4) is 0 Å². The summed E-state index contributed by atoms with van der Waals surface area (Å²) in [5, 5.41) is 9.22. The number of nitrogens with two attached hydrogens (primary N) is 1. The van der Waals surface area contributed by atoms with E-state index in [2.05, 4.69) is 20.4 Å². The molecular weight excluding hydrogens is 425 g/mol. The molecule has 0 atom stereocenters. The van der Waals surface area contributed by atoms with Crippen molar-refractivity contribution >= 4 is 22.7 Å². The van der Waals surface area contributed by atoms with Gasteiger partial charge in [-0.1, -0.05) is 0 Å². The topological polar surface area (TPSA) is 107 Å². The fourth-order valence-corrected chi connectivity index (χ4v) is 4.54. The number of nitrogens with one attached hydrogen (secondary N) is 2. The number of hydrogen-bond donors (Lipinski definition) is 3. The second-order valence-corrected chi connectivity index (χ2v) is 8.25. The zero-order valence-electron chi connectivity index (χ0n) is 17.5. The predicted molar refractivity (Wildman–Crippen MR) is 112 cm³/mol. The number of carbonyl (C=O) groups is 2. The number of carbonyl (C=O) groups excluding carboxylic acids is 2. The number of fused-ring (bicyclic) bond motifs is 1. The highest BCUT2D eigenvalue weighted by atomic mass is 19.4. The summed E-state index contributed by atoms with van der Waals surface area (Å²) in [5.41, 5.74) is 4.01. The summed E-state index contributed by atoms with van der Waals surface area (Å²) in [6, 6.07) is 2.87. The van der Waals surface area contributed by atoms with Crippen LogP contribution in [0.5, 0.6) is 0 Å². The number of halogens is 3. The smallest absolute Gasteiger partial charge is 0.364 e. The molecule has 1 radical (unpaired) electrons. The van der Waals surface area contributed by atoms with Crippen LogP contribution in [-0.2, 0) is 17.4 Å². The predicted octanol–water partition coefficient (Wildman–Crippen LogP) is 1.32. The molecule has 0 aliphatic carbocycles. The van der Waals surface area contributed by atoms with E-state index in [4.69, 9.17) is 5.73 Å². The van der Waals surface area contributed by atoms with Gasteiger partial charge < -0.3 is 16.0 Å². The third-order valence-corrected chi connectivity index (χ3v) is 6.23. The zero-order chi connectivity index (χ0) is 22.9. The number of nitrogens with zero attached hydrogens (tertiary/aromatic N) is 3. The SMILES string of the molecule is NC(=O)c1n[nH]c2c(C(F)(F)F)cc(C[CH]C(=O)N3CCC(N4CCNCC4)CC3)cc12. The molecule has 1 aromatic heterocycles. The minimum Gasteiger partial charge on any atom is -0.364 e. The summed E-state index contributed by atoms with van der Waals surface area (Å²) in [6.07, 6.45) is -1.46. The Morgan fingerprint density at radius 2 is 1.84 bits per heavy atom. The summed E-state index contributed by atoms with van der Waals surface area (Å²) >= 11 is 0. The van der Waals surface area contributed by atoms with E-state index in [-0.39, 0.29) is 34.5 Å². The molecule has 0 saturated carbocycles. The Morgan fingerprint density at radius 3 is 2.47 bits per heavy atom. The molecule has 2 aliphatic rings. The van der Waals surface area contributed by atoms with Crippen LogP contribution in [-0.4, -0.2) is 77.1 Å². The molecule has 2 amide bonds. The van der Waals surface area contributed by atoms with E-state index in [1.54, 1.807) is 4.90 Å². The van der Waals surface area contributed by atoms with Crippen molar-refractivity contribution in [3.05, 3.63) is 35.4 Å². The average Bonchev–Trinajstić information content (AvgIpc) is 3.21. The number of H-pyrrole nitrogens is 1. The van der Waals surface area contributed by atoms with Crippen LogP contribution in [0.4, 0.5) is 13.2 Å². The first-order valence-corrected chi connectivity index (χ1v) is 10.7. The molecule has 2 saturated heterocycles. The van der Waals surface area contributed by atoms with Crippen LogP contribution >= 0.6 is 0 Å². The van der Waals surface area contributed by atoms with Crippen LogP contribution in [0, 0.1) is 6.42 Å². The highest BCUT2D eigenvalue weighted by molar-refractivity contribution is 6.05. The number of benzene rings is 1. The van der Waals surface area contributed by atoms with Crippen molar-refractivity contribution in [2.45, 2.75) is 31.5 Å². The third-order valence-electron chi connectivity index (χ3n) is 6.23. The Kier molecular flexibility index (Phi) is 6.38. The number of rotatable bonds is 5. The first-order valence-electron chi connectivity index (χ1n) is 10.7. The van der Waals surface area contributed by atoms with E-state index >= 15 is 0 Å². The maximum absolute atomic E-state index is 13.5. The van der Waals surface area contributed by atoms with Crippen molar-refractivity contribution in [2.24, 2.45) is 5.73 Å². The van der Waals surface area contributed by atoms with Gasteiger partial charge in [-0.2, -0.15) is 18.3 Å². The Morgan fingerprint density at radius 1 is 1.16 bits per heavy atom. The summed E-state index contributed by atoms with van der Waals surface area (Å²) in [7, 11) is 0. The molecule has 2 fully saturated rings. The second kappa shape index (κ2) is 9.07. The van der Waals surface area contributed by atoms with E-state index in [9.17, 15) is 22.8 Å². The number of alkyl halides is 3. The van der Waals surface area contributed by atoms with Gasteiger partial charge in [0.15, 0.2) is 5.69 Å². The summed E-state index contributed by atoms with van der Waals surface area (Å²) in [6.45, 7) is 5.23. The van der Waals surface area contributed by atoms with Gasteiger partial charge in [-0.15, -0.1) is 0 Å². The van der Waals surface area contributed by atoms with Crippen LogP contribution in [0.2, 0.25) is 0 Å². The maximum atomic E-state index is 13.5. The molecule has 32 heavy (non-hydrogen) atoms. The van der Waals surface area contributed by atoms with Crippen LogP contribution in [0.1, 0.15) is 34.5 Å². The molecule has 2 aromatic rings. The highest BCUT2D eigenvalue weighted by Gasteiger charge is 2.35. The first kappa shape index (κ1) is 22.5. The monoisotopic (exact) mass is 451 g/mol. The van der Waals surface area contributed by atoms with Gasteiger partial charge in [0.1, 0.15) is 0 Å². The van der Waals surface area contributed by atoms with Gasteiger partial charge in [0.2, 0.25) is 5.91 Å². The molecule has 0 unspecified atom stereocenters. The van der Waals surface area contributed by atoms with Gasteiger partial charge in [0, 0.05) is 50.7 Å². The van der Waals surface area contributed by atoms with Crippen molar-refractivity contribution in [2.75, 3.05) is 39.3 Å². The van der Waals surface area contributed by atoms with Gasteiger partial charge in [-0.25, -0.2) is 0 Å². The minimum atomic E-state index is -4.65. The standard InChI is InChI=1S/C21H26F3N6O2/c22-21(23,24)16-12-13(11-15-18(16)27-28-19(15)20(25)32)1-2-17(31)30-7-3-14(4-8-30)29-9-5-26-6-10-29/h2,11-12,14,26H,1,3-10H2,(H2,25,32)(H,27,28). The quantitative estimate of drug-likeness (QED) is 0.636. The summed E-state index contributed by atoms with van der Waals surface area (Å²) in [4.78, 5) is 28.4. The molecule has 8 nitrogen and oxygen atoms in total. The third kappa shape index (κ3) is 4.73. The summed E-state index contributed by atoms with van der Waals surface area (Å²) < 4.78 is 40.6. The van der Waals surface area contributed by atoms with E-state index in [1.807, 2.05) is 0 Å². The molecule has 173 valence electrons. The van der Waals surface area contributed by atoms with Crippen molar-refractivity contribution in [1.29, 1.82) is 0 Å². The van der Waals surface area contributed by atoms with Crippen molar-refractivity contribution in [1.82, 2.24) is 25.3 Å². The minimum absolute atomic E-state index is 0.00000891. The number of aromatic nitrogens is 2. The largest absolute Gasteiger partial charge is 0.418 e. The number of aromatic amines is 1. The molecule has 1 aromatic carbocycles. The first-order chi connectivity index (χ1) is 15.2. The molecular formula is C21H26F3N6O2. The van der Waals surface area contributed by atoms with E-state index < -0.39 is 17.6 Å². The lowest BCUT2D eigenvalue weighted by molar-refractivity contribution is -0.136. The molecule has 3 heterocycles. The fraction of sp³-hybridized carbons (Fsp3) is 0.524. The lowest BCUT2D eigenvalue weighted by Gasteiger charge is -2.40. The zero-order valence-corrected chi connectivity index (χ0v) is 17.5. The number of likely N-dealkylation sites (tertiary alicyclic amines) is 1. The Hall–Kier alpha value is -2.66. The number of amides is 2. The number of primary amides is 1.